The number of carbonyl (C=O) groups is 1. The Kier molecular flexibility index (Phi) is 4.74. The Morgan fingerprint density at radius 3 is 2.70 bits per heavy atom. The summed E-state index contributed by atoms with van der Waals surface area (Å²) in [5.74, 6) is -0.314. The van der Waals surface area contributed by atoms with Crippen LogP contribution in [0.5, 0.6) is 0 Å². The van der Waals surface area contributed by atoms with Crippen LogP contribution in [0.15, 0.2) is 36.5 Å². The molecule has 0 aliphatic heterocycles. The molecule has 0 spiro atoms. The molecule has 2 N–H and O–H groups in total. The third kappa shape index (κ3) is 3.53. The van der Waals surface area contributed by atoms with Gasteiger partial charge in [0.15, 0.2) is 0 Å². The Hall–Kier alpha value is -2.35. The Morgan fingerprint density at radius 2 is 2.09 bits per heavy atom. The number of benzene rings is 1. The lowest BCUT2D eigenvalue weighted by molar-refractivity contribution is -0.142. The molecule has 0 saturated carbocycles. The minimum atomic E-state index is -4.53. The number of hydrogen-bond donors (Lipinski definition) is 1. The van der Waals surface area contributed by atoms with Crippen molar-refractivity contribution in [2.75, 3.05) is 13.6 Å². The fourth-order valence-electron chi connectivity index (χ4n) is 2.06. The summed E-state index contributed by atoms with van der Waals surface area (Å²) in [7, 11) is 1.60. The maximum Gasteiger partial charge on any atom is 0.433 e. The quantitative estimate of drug-likeness (QED) is 0.938. The molecule has 0 bridgehead atoms. The number of likely N-dealkylation sites (N-methyl/N-ethyl adjacent to an activating group) is 1. The number of carbonyl (C=O) groups excluding carboxylic acids is 1. The van der Waals surface area contributed by atoms with Gasteiger partial charge >= 0.3 is 6.18 Å². The van der Waals surface area contributed by atoms with Gasteiger partial charge in [0.1, 0.15) is 5.69 Å². The lowest BCUT2D eigenvalue weighted by atomic mass is 10.1. The molecule has 1 atom stereocenters. The molecule has 1 amide bonds. The fraction of sp³-hybridized carbons (Fsp3) is 0.333. The average molecular weight is 326 g/mol. The highest BCUT2D eigenvalue weighted by Gasteiger charge is 2.35. The highest BCUT2D eigenvalue weighted by Crippen LogP contribution is 2.30. The number of nitrogens with zero attached hydrogens (tertiary/aromatic N) is 3. The first-order chi connectivity index (χ1) is 10.8. The molecule has 2 aromatic rings. The zero-order valence-corrected chi connectivity index (χ0v) is 12.7. The van der Waals surface area contributed by atoms with Crippen molar-refractivity contribution in [3.63, 3.8) is 0 Å². The van der Waals surface area contributed by atoms with Crippen LogP contribution in [0.2, 0.25) is 0 Å². The van der Waals surface area contributed by atoms with Gasteiger partial charge in [-0.05, 0) is 31.2 Å². The monoisotopic (exact) mass is 326 g/mol. The van der Waals surface area contributed by atoms with Crippen molar-refractivity contribution >= 4 is 5.91 Å². The number of hydrogen-bond acceptors (Lipinski definition) is 3. The summed E-state index contributed by atoms with van der Waals surface area (Å²) in [6.07, 6.45) is -3.46. The third-order valence-electron chi connectivity index (χ3n) is 3.59. The largest absolute Gasteiger partial charge is 0.433 e. The summed E-state index contributed by atoms with van der Waals surface area (Å²) in [5.41, 5.74) is 5.07. The van der Waals surface area contributed by atoms with Gasteiger partial charge in [0.05, 0.1) is 11.9 Å². The molecule has 0 radical (unpaired) electrons. The first kappa shape index (κ1) is 17.0. The van der Waals surface area contributed by atoms with Gasteiger partial charge in [0, 0.05) is 25.2 Å². The zero-order valence-electron chi connectivity index (χ0n) is 12.7. The molecule has 23 heavy (non-hydrogen) atoms. The van der Waals surface area contributed by atoms with E-state index in [0.717, 1.165) is 16.9 Å². The maximum absolute atomic E-state index is 13.0. The van der Waals surface area contributed by atoms with Gasteiger partial charge in [-0.15, -0.1) is 0 Å². The van der Waals surface area contributed by atoms with Gasteiger partial charge in [-0.25, -0.2) is 4.68 Å². The second kappa shape index (κ2) is 6.41. The average Bonchev–Trinajstić information content (AvgIpc) is 3.02. The molecule has 124 valence electrons. The van der Waals surface area contributed by atoms with Crippen LogP contribution in [0.4, 0.5) is 13.2 Å². The van der Waals surface area contributed by atoms with Crippen LogP contribution < -0.4 is 5.73 Å². The van der Waals surface area contributed by atoms with Crippen LogP contribution in [0.3, 0.4) is 0 Å². The van der Waals surface area contributed by atoms with Gasteiger partial charge in [-0.1, -0.05) is 6.07 Å². The summed E-state index contributed by atoms with van der Waals surface area (Å²) in [4.78, 5) is 13.8. The van der Waals surface area contributed by atoms with E-state index in [1.54, 1.807) is 20.0 Å². The van der Waals surface area contributed by atoms with Gasteiger partial charge in [-0.2, -0.15) is 18.3 Å². The fourth-order valence-corrected chi connectivity index (χ4v) is 2.06. The van der Waals surface area contributed by atoms with Gasteiger partial charge < -0.3 is 10.6 Å². The molecule has 5 nitrogen and oxygen atoms in total. The zero-order chi connectivity index (χ0) is 17.2. The van der Waals surface area contributed by atoms with Crippen molar-refractivity contribution in [3.8, 4) is 5.69 Å². The Bertz CT molecular complexity index is 696. The maximum atomic E-state index is 13.0. The molecule has 0 saturated heterocycles. The van der Waals surface area contributed by atoms with E-state index in [0.29, 0.717) is 6.54 Å². The van der Waals surface area contributed by atoms with E-state index in [2.05, 4.69) is 5.10 Å². The van der Waals surface area contributed by atoms with Crippen molar-refractivity contribution in [2.24, 2.45) is 5.73 Å². The van der Waals surface area contributed by atoms with E-state index in [1.807, 2.05) is 0 Å². The van der Waals surface area contributed by atoms with E-state index < -0.39 is 11.9 Å². The van der Waals surface area contributed by atoms with E-state index in [9.17, 15) is 18.0 Å². The van der Waals surface area contributed by atoms with Crippen LogP contribution in [-0.4, -0.2) is 40.2 Å². The van der Waals surface area contributed by atoms with Crippen molar-refractivity contribution in [1.82, 2.24) is 14.7 Å². The Balaban J connectivity index is 2.38. The smallest absolute Gasteiger partial charge is 0.338 e. The number of amides is 1. The van der Waals surface area contributed by atoms with Crippen LogP contribution in [-0.2, 0) is 6.18 Å². The minimum Gasteiger partial charge on any atom is -0.338 e. The van der Waals surface area contributed by atoms with Crippen LogP contribution in [0, 0.1) is 0 Å². The third-order valence-corrected chi connectivity index (χ3v) is 3.59. The van der Waals surface area contributed by atoms with E-state index >= 15 is 0 Å². The SMILES string of the molecule is CC(CN)N(C)C(=O)c1cccc(-n2nccc2C(F)(F)F)c1. The number of nitrogens with two attached hydrogens (primary N) is 1. The molecular formula is C15H17F3N4O. The van der Waals surface area contributed by atoms with Crippen molar-refractivity contribution in [3.05, 3.63) is 47.8 Å². The topological polar surface area (TPSA) is 64.2 Å². The minimum absolute atomic E-state index is 0.168. The van der Waals surface area contributed by atoms with Crippen molar-refractivity contribution in [2.45, 2.75) is 19.1 Å². The number of alkyl halides is 3. The predicted molar refractivity (Wildman–Crippen MR) is 79.2 cm³/mol. The summed E-state index contributed by atoms with van der Waals surface area (Å²) >= 11 is 0. The molecule has 1 aromatic heterocycles. The lowest BCUT2D eigenvalue weighted by Crippen LogP contribution is -2.39. The van der Waals surface area contributed by atoms with Crippen LogP contribution in [0.25, 0.3) is 5.69 Å². The highest BCUT2D eigenvalue weighted by molar-refractivity contribution is 5.94. The molecule has 0 aliphatic rings. The van der Waals surface area contributed by atoms with E-state index in [4.69, 9.17) is 5.73 Å². The second-order valence-electron chi connectivity index (χ2n) is 5.18. The van der Waals surface area contributed by atoms with Gasteiger partial charge in [0.25, 0.3) is 5.91 Å². The molecule has 1 unspecified atom stereocenters. The summed E-state index contributed by atoms with van der Waals surface area (Å²) in [5, 5.41) is 3.70. The number of rotatable bonds is 4. The highest BCUT2D eigenvalue weighted by atomic mass is 19.4. The van der Waals surface area contributed by atoms with E-state index in [1.165, 1.54) is 23.1 Å². The first-order valence-corrected chi connectivity index (χ1v) is 6.94. The van der Waals surface area contributed by atoms with Gasteiger partial charge in [0.2, 0.25) is 0 Å². The first-order valence-electron chi connectivity index (χ1n) is 6.94. The summed E-state index contributed by atoms with van der Waals surface area (Å²) < 4.78 is 39.6. The molecule has 0 aliphatic carbocycles. The molecule has 1 aromatic carbocycles. The second-order valence-corrected chi connectivity index (χ2v) is 5.18. The number of aromatic nitrogens is 2. The van der Waals surface area contributed by atoms with Crippen molar-refractivity contribution in [1.29, 1.82) is 0 Å². The molecule has 2 rings (SSSR count). The van der Waals surface area contributed by atoms with Gasteiger partial charge in [-0.3, -0.25) is 4.79 Å². The molecule has 0 fully saturated rings. The van der Waals surface area contributed by atoms with E-state index in [-0.39, 0.29) is 23.2 Å². The van der Waals surface area contributed by atoms with Crippen molar-refractivity contribution < 1.29 is 18.0 Å². The van der Waals surface area contributed by atoms with Crippen LogP contribution >= 0.6 is 0 Å². The summed E-state index contributed by atoms with van der Waals surface area (Å²) in [6, 6.07) is 6.61. The normalized spacial score (nSPS) is 13.0. The Labute approximate surface area is 131 Å². The lowest BCUT2D eigenvalue weighted by Gasteiger charge is -2.24. The summed E-state index contributed by atoms with van der Waals surface area (Å²) in [6.45, 7) is 2.08. The number of halogens is 3. The molecular weight excluding hydrogens is 309 g/mol. The standard InChI is InChI=1S/C15H17F3N4O/c1-10(9-19)21(2)14(23)11-4-3-5-12(8-11)22-13(6-7-20-22)15(16,17)18/h3-8,10H,9,19H2,1-2H3. The Morgan fingerprint density at radius 1 is 1.39 bits per heavy atom. The van der Waals surface area contributed by atoms with Crippen LogP contribution in [0.1, 0.15) is 23.0 Å². The molecule has 1 heterocycles. The molecule has 8 heteroatoms. The predicted octanol–water partition coefficient (Wildman–Crippen LogP) is 2.31.